The van der Waals surface area contributed by atoms with Crippen LogP contribution in [-0.4, -0.2) is 56.6 Å². The van der Waals surface area contributed by atoms with Gasteiger partial charge < -0.3 is 14.2 Å². The van der Waals surface area contributed by atoms with Crippen molar-refractivity contribution >= 4 is 16.0 Å². The summed E-state index contributed by atoms with van der Waals surface area (Å²) in [6, 6.07) is 0.527. The lowest BCUT2D eigenvalue weighted by Crippen LogP contribution is -2.39. The fraction of sp³-hybridized carbons (Fsp3) is 0.737. The Bertz CT molecular complexity index is 764. The molecule has 8 heteroatoms. The van der Waals surface area contributed by atoms with E-state index in [9.17, 15) is 13.2 Å². The summed E-state index contributed by atoms with van der Waals surface area (Å²) in [5.41, 5.74) is 1.25. The van der Waals surface area contributed by atoms with Gasteiger partial charge in [0.15, 0.2) is 0 Å². The topological polar surface area (TPSA) is 80.6 Å². The van der Waals surface area contributed by atoms with Crippen LogP contribution in [0.1, 0.15) is 60.8 Å². The zero-order chi connectivity index (χ0) is 20.2. The molecule has 1 heterocycles. The maximum Gasteiger partial charge on any atom is 0.341 e. The maximum absolute atomic E-state index is 13.0. The SMILES string of the molecule is CCOC(=O)c1c(S(=O)(=O)NCCN(C)C2CCCCC2)c(C)n(C)c1C. The molecular formula is C19H33N3O4S. The molecular weight excluding hydrogens is 366 g/mol. The fourth-order valence-electron chi connectivity index (χ4n) is 3.82. The molecule has 2 rings (SSSR count). The zero-order valence-corrected chi connectivity index (χ0v) is 18.0. The summed E-state index contributed by atoms with van der Waals surface area (Å²) in [6.45, 7) is 6.30. The van der Waals surface area contributed by atoms with E-state index < -0.39 is 16.0 Å². The molecule has 7 nitrogen and oxygen atoms in total. The first-order valence-electron chi connectivity index (χ1n) is 9.73. The van der Waals surface area contributed by atoms with Gasteiger partial charge in [0, 0.05) is 37.6 Å². The van der Waals surface area contributed by atoms with Crippen LogP contribution < -0.4 is 4.72 Å². The van der Waals surface area contributed by atoms with Crippen molar-refractivity contribution in [3.8, 4) is 0 Å². The van der Waals surface area contributed by atoms with E-state index in [0.29, 0.717) is 30.5 Å². The largest absolute Gasteiger partial charge is 0.462 e. The number of sulfonamides is 1. The first-order chi connectivity index (χ1) is 12.7. The second-order valence-electron chi connectivity index (χ2n) is 7.32. The second kappa shape index (κ2) is 9.21. The lowest BCUT2D eigenvalue weighted by atomic mass is 9.94. The van der Waals surface area contributed by atoms with E-state index in [2.05, 4.69) is 9.62 Å². The van der Waals surface area contributed by atoms with E-state index in [4.69, 9.17) is 4.74 Å². The van der Waals surface area contributed by atoms with E-state index in [1.807, 2.05) is 7.05 Å². The molecule has 0 aliphatic heterocycles. The maximum atomic E-state index is 13.0. The van der Waals surface area contributed by atoms with Gasteiger partial charge in [-0.2, -0.15) is 0 Å². The highest BCUT2D eigenvalue weighted by atomic mass is 32.2. The van der Waals surface area contributed by atoms with E-state index in [1.54, 1.807) is 32.4 Å². The van der Waals surface area contributed by atoms with Gasteiger partial charge in [0.25, 0.3) is 0 Å². The fourth-order valence-corrected chi connectivity index (χ4v) is 5.35. The quantitative estimate of drug-likeness (QED) is 0.679. The molecule has 0 unspecified atom stereocenters. The van der Waals surface area contributed by atoms with Crippen molar-refractivity contribution in [2.45, 2.75) is 63.8 Å². The average molecular weight is 400 g/mol. The molecule has 0 atom stereocenters. The molecule has 27 heavy (non-hydrogen) atoms. The molecule has 0 saturated heterocycles. The van der Waals surface area contributed by atoms with E-state index in [-0.39, 0.29) is 17.1 Å². The highest BCUT2D eigenvalue weighted by molar-refractivity contribution is 7.89. The molecule has 1 aromatic rings. The molecule has 1 aromatic heterocycles. The number of hydrogen-bond acceptors (Lipinski definition) is 5. The van der Waals surface area contributed by atoms with Gasteiger partial charge in [0.2, 0.25) is 10.0 Å². The minimum absolute atomic E-state index is 0.0290. The third-order valence-electron chi connectivity index (χ3n) is 5.63. The minimum Gasteiger partial charge on any atom is -0.462 e. The number of ether oxygens (including phenoxy) is 1. The third-order valence-corrected chi connectivity index (χ3v) is 7.25. The molecule has 1 saturated carbocycles. The Morgan fingerprint density at radius 1 is 1.22 bits per heavy atom. The van der Waals surface area contributed by atoms with Crippen LogP contribution in [0.4, 0.5) is 0 Å². The van der Waals surface area contributed by atoms with Gasteiger partial charge in [-0.3, -0.25) is 0 Å². The molecule has 1 aliphatic rings. The highest BCUT2D eigenvalue weighted by Gasteiger charge is 2.31. The van der Waals surface area contributed by atoms with Gasteiger partial charge in [0.1, 0.15) is 10.5 Å². The molecule has 0 radical (unpaired) electrons. The predicted molar refractivity (Wildman–Crippen MR) is 106 cm³/mol. The Kier molecular flexibility index (Phi) is 7.47. The van der Waals surface area contributed by atoms with Crippen molar-refractivity contribution in [3.63, 3.8) is 0 Å². The summed E-state index contributed by atoms with van der Waals surface area (Å²) in [7, 11) is -0.0102. The first-order valence-corrected chi connectivity index (χ1v) is 11.2. The highest BCUT2D eigenvalue weighted by Crippen LogP contribution is 2.27. The van der Waals surface area contributed by atoms with Crippen LogP contribution in [0.5, 0.6) is 0 Å². The summed E-state index contributed by atoms with van der Waals surface area (Å²) < 4.78 is 35.4. The molecule has 1 fully saturated rings. The molecule has 1 N–H and O–H groups in total. The van der Waals surface area contributed by atoms with Gasteiger partial charge in [0.05, 0.1) is 6.61 Å². The predicted octanol–water partition coefficient (Wildman–Crippen LogP) is 2.36. The number of esters is 1. The van der Waals surface area contributed by atoms with Crippen LogP contribution in [0.2, 0.25) is 0 Å². The van der Waals surface area contributed by atoms with Gasteiger partial charge in [-0.15, -0.1) is 0 Å². The monoisotopic (exact) mass is 399 g/mol. The van der Waals surface area contributed by atoms with Crippen LogP contribution in [-0.2, 0) is 21.8 Å². The molecule has 0 bridgehead atoms. The van der Waals surface area contributed by atoms with Crippen molar-refractivity contribution in [2.75, 3.05) is 26.7 Å². The molecule has 0 spiro atoms. The van der Waals surface area contributed by atoms with Crippen LogP contribution in [0.15, 0.2) is 4.90 Å². The van der Waals surface area contributed by atoms with Crippen molar-refractivity contribution in [2.24, 2.45) is 7.05 Å². The smallest absolute Gasteiger partial charge is 0.341 e. The lowest BCUT2D eigenvalue weighted by molar-refractivity contribution is 0.0521. The van der Waals surface area contributed by atoms with Crippen LogP contribution in [0, 0.1) is 13.8 Å². The third kappa shape index (κ3) is 4.92. The molecule has 0 amide bonds. The van der Waals surface area contributed by atoms with Crippen molar-refractivity contribution < 1.29 is 17.9 Å². The molecule has 1 aliphatic carbocycles. The Morgan fingerprint density at radius 2 is 1.85 bits per heavy atom. The van der Waals surface area contributed by atoms with Gasteiger partial charge in [-0.25, -0.2) is 17.9 Å². The number of aromatic nitrogens is 1. The Labute approximate surface area is 163 Å². The van der Waals surface area contributed by atoms with E-state index in [1.165, 1.54) is 32.1 Å². The number of carbonyl (C=O) groups is 1. The Balaban J connectivity index is 2.14. The number of rotatable bonds is 8. The summed E-state index contributed by atoms with van der Waals surface area (Å²) in [6.07, 6.45) is 6.12. The Hall–Kier alpha value is -1.38. The van der Waals surface area contributed by atoms with Gasteiger partial charge in [-0.1, -0.05) is 19.3 Å². The first kappa shape index (κ1) is 21.9. The summed E-state index contributed by atoms with van der Waals surface area (Å²) in [4.78, 5) is 14.6. The minimum atomic E-state index is -3.81. The number of carbonyl (C=O) groups excluding carboxylic acids is 1. The van der Waals surface area contributed by atoms with Crippen molar-refractivity contribution in [1.29, 1.82) is 0 Å². The summed E-state index contributed by atoms with van der Waals surface area (Å²) >= 11 is 0. The van der Waals surface area contributed by atoms with Crippen molar-refractivity contribution in [1.82, 2.24) is 14.2 Å². The Morgan fingerprint density at radius 3 is 2.44 bits per heavy atom. The lowest BCUT2D eigenvalue weighted by Gasteiger charge is -2.31. The zero-order valence-electron chi connectivity index (χ0n) is 17.2. The van der Waals surface area contributed by atoms with E-state index >= 15 is 0 Å². The van der Waals surface area contributed by atoms with Crippen LogP contribution in [0.25, 0.3) is 0 Å². The van der Waals surface area contributed by atoms with Crippen LogP contribution in [0.3, 0.4) is 0 Å². The summed E-state index contributed by atoms with van der Waals surface area (Å²) in [5.74, 6) is -0.599. The van der Waals surface area contributed by atoms with Gasteiger partial charge >= 0.3 is 5.97 Å². The number of hydrogen-bond donors (Lipinski definition) is 1. The van der Waals surface area contributed by atoms with Gasteiger partial charge in [-0.05, 0) is 40.7 Å². The average Bonchev–Trinajstić information content (AvgIpc) is 2.87. The van der Waals surface area contributed by atoms with E-state index in [0.717, 1.165) is 0 Å². The number of nitrogens with one attached hydrogen (secondary N) is 1. The standard InChI is InChI=1S/C19H33N3O4S/c1-6-26-19(23)17-14(2)22(5)15(3)18(17)27(24,25)20-12-13-21(4)16-10-8-7-9-11-16/h16,20H,6-13H2,1-5H3. The van der Waals surface area contributed by atoms with Crippen molar-refractivity contribution in [3.05, 3.63) is 17.0 Å². The summed E-state index contributed by atoms with van der Waals surface area (Å²) in [5, 5.41) is 0. The molecule has 0 aromatic carbocycles. The number of nitrogens with zero attached hydrogens (tertiary/aromatic N) is 2. The second-order valence-corrected chi connectivity index (χ2v) is 9.03. The normalized spacial score (nSPS) is 16.1. The molecule has 154 valence electrons. The number of likely N-dealkylation sites (N-methyl/N-ethyl adjacent to an activating group) is 1. The van der Waals surface area contributed by atoms with Crippen LogP contribution >= 0.6 is 0 Å².